The molecular formula is C12H14N4O5S. The summed E-state index contributed by atoms with van der Waals surface area (Å²) in [5.41, 5.74) is -2.26. The fourth-order valence-electron chi connectivity index (χ4n) is 2.39. The summed E-state index contributed by atoms with van der Waals surface area (Å²) in [7, 11) is -2.41. The van der Waals surface area contributed by atoms with E-state index in [1.807, 2.05) is 0 Å². The third-order valence-electron chi connectivity index (χ3n) is 3.60. The van der Waals surface area contributed by atoms with Gasteiger partial charge in [-0.1, -0.05) is 0 Å². The number of aromatic amines is 1. The number of H-pyrrole nitrogens is 1. The van der Waals surface area contributed by atoms with Gasteiger partial charge < -0.3 is 5.11 Å². The molecule has 0 aromatic carbocycles. The van der Waals surface area contributed by atoms with Crippen LogP contribution in [0.25, 0.3) is 11.0 Å². The zero-order valence-electron chi connectivity index (χ0n) is 11.9. The van der Waals surface area contributed by atoms with Crippen LogP contribution in [0.2, 0.25) is 0 Å². The molecule has 3 heterocycles. The minimum absolute atomic E-state index is 0.00968. The van der Waals surface area contributed by atoms with Gasteiger partial charge in [0.1, 0.15) is 10.5 Å². The molecule has 0 saturated carbocycles. The van der Waals surface area contributed by atoms with Gasteiger partial charge in [0, 0.05) is 26.3 Å². The van der Waals surface area contributed by atoms with Crippen molar-refractivity contribution in [2.45, 2.75) is 17.4 Å². The largest absolute Gasteiger partial charge is 0.387 e. The predicted octanol–water partition coefficient (Wildman–Crippen LogP) is -1.62. The Bertz CT molecular complexity index is 981. The van der Waals surface area contributed by atoms with Crippen molar-refractivity contribution < 1.29 is 13.5 Å². The second-order valence-corrected chi connectivity index (χ2v) is 7.57. The lowest BCUT2D eigenvalue weighted by Gasteiger charge is -2.42. The Morgan fingerprint density at radius 2 is 2.00 bits per heavy atom. The van der Waals surface area contributed by atoms with Crippen molar-refractivity contribution in [3.8, 4) is 0 Å². The molecule has 2 aromatic heterocycles. The molecule has 1 saturated heterocycles. The topological polar surface area (TPSA) is 125 Å². The van der Waals surface area contributed by atoms with E-state index in [4.69, 9.17) is 0 Å². The highest BCUT2D eigenvalue weighted by Gasteiger charge is 2.44. The molecule has 3 rings (SSSR count). The second-order valence-electron chi connectivity index (χ2n) is 5.63. The summed E-state index contributed by atoms with van der Waals surface area (Å²) < 4.78 is 27.0. The van der Waals surface area contributed by atoms with Crippen molar-refractivity contribution in [2.75, 3.05) is 13.1 Å². The van der Waals surface area contributed by atoms with Crippen molar-refractivity contribution >= 4 is 21.1 Å². The van der Waals surface area contributed by atoms with E-state index in [0.29, 0.717) is 0 Å². The van der Waals surface area contributed by atoms with E-state index in [2.05, 4.69) is 9.97 Å². The third-order valence-corrected chi connectivity index (χ3v) is 5.36. The zero-order valence-corrected chi connectivity index (χ0v) is 12.7. The van der Waals surface area contributed by atoms with Crippen molar-refractivity contribution in [3.63, 3.8) is 0 Å². The summed E-state index contributed by atoms with van der Waals surface area (Å²) in [6, 6.07) is 1.18. The van der Waals surface area contributed by atoms with Crippen LogP contribution in [0.15, 0.2) is 26.7 Å². The smallest absolute Gasteiger partial charge is 0.329 e. The number of aliphatic hydroxyl groups is 1. The minimum atomic E-state index is -3.83. The van der Waals surface area contributed by atoms with Crippen LogP contribution in [0.4, 0.5) is 0 Å². The first-order valence-electron chi connectivity index (χ1n) is 6.43. The molecule has 0 unspecified atom stereocenters. The van der Waals surface area contributed by atoms with Crippen LogP contribution in [0, 0.1) is 0 Å². The van der Waals surface area contributed by atoms with E-state index < -0.39 is 26.9 Å². The Morgan fingerprint density at radius 1 is 1.36 bits per heavy atom. The number of nitrogens with one attached hydrogen (secondary N) is 1. The van der Waals surface area contributed by atoms with E-state index in [9.17, 15) is 23.1 Å². The van der Waals surface area contributed by atoms with Crippen LogP contribution in [0.5, 0.6) is 0 Å². The first kappa shape index (κ1) is 14.9. The summed E-state index contributed by atoms with van der Waals surface area (Å²) >= 11 is 0. The number of pyridine rings is 1. The highest BCUT2D eigenvalue weighted by molar-refractivity contribution is 7.89. The van der Waals surface area contributed by atoms with Crippen LogP contribution in [-0.4, -0.2) is 51.1 Å². The highest BCUT2D eigenvalue weighted by atomic mass is 32.2. The number of hydrogen-bond donors (Lipinski definition) is 2. The van der Waals surface area contributed by atoms with Gasteiger partial charge in [-0.3, -0.25) is 14.3 Å². The summed E-state index contributed by atoms with van der Waals surface area (Å²) in [4.78, 5) is 29.2. The van der Waals surface area contributed by atoms with Gasteiger partial charge in [0.25, 0.3) is 5.56 Å². The Balaban J connectivity index is 2.14. The number of rotatable bonds is 2. The number of β-amino-alcohol motifs (C(OH)–C–C–N with tert-alkyl or cyclic N) is 1. The quantitative estimate of drug-likeness (QED) is 0.683. The lowest BCUT2D eigenvalue weighted by Crippen LogP contribution is -2.61. The normalized spacial score (nSPS) is 18.3. The minimum Gasteiger partial charge on any atom is -0.387 e. The van der Waals surface area contributed by atoms with Crippen molar-refractivity contribution in [2.24, 2.45) is 7.05 Å². The molecule has 22 heavy (non-hydrogen) atoms. The number of hydrogen-bond acceptors (Lipinski definition) is 6. The molecule has 1 aliphatic rings. The molecule has 0 atom stereocenters. The number of nitrogens with zero attached hydrogens (tertiary/aromatic N) is 3. The SMILES string of the molecule is Cn1c(=O)[nH]c(=O)c2cc(S(=O)(=O)N3CC(C)(O)C3)cnc21. The Kier molecular flexibility index (Phi) is 3.03. The first-order valence-corrected chi connectivity index (χ1v) is 7.87. The first-order chi connectivity index (χ1) is 10.1. The molecule has 0 bridgehead atoms. The van der Waals surface area contributed by atoms with Gasteiger partial charge in [-0.05, 0) is 13.0 Å². The number of aryl methyl sites for hydroxylation is 1. The molecule has 0 radical (unpaired) electrons. The van der Waals surface area contributed by atoms with Crippen molar-refractivity contribution in [1.82, 2.24) is 18.8 Å². The van der Waals surface area contributed by atoms with E-state index in [1.165, 1.54) is 20.0 Å². The molecule has 10 heteroatoms. The molecule has 1 aliphatic heterocycles. The van der Waals surface area contributed by atoms with Gasteiger partial charge in [-0.25, -0.2) is 18.2 Å². The van der Waals surface area contributed by atoms with E-state index in [1.54, 1.807) is 0 Å². The fraction of sp³-hybridized carbons (Fsp3) is 0.417. The summed E-state index contributed by atoms with van der Waals surface area (Å²) in [5, 5.41) is 9.67. The van der Waals surface area contributed by atoms with Gasteiger partial charge in [-0.15, -0.1) is 0 Å². The Morgan fingerprint density at radius 3 is 2.59 bits per heavy atom. The Labute approximate surface area is 124 Å². The molecule has 118 valence electrons. The molecule has 0 amide bonds. The zero-order chi connectivity index (χ0) is 16.3. The molecule has 0 spiro atoms. The van der Waals surface area contributed by atoms with Gasteiger partial charge in [-0.2, -0.15) is 4.31 Å². The molecular weight excluding hydrogens is 312 g/mol. The maximum absolute atomic E-state index is 12.4. The van der Waals surface area contributed by atoms with Gasteiger partial charge in [0.15, 0.2) is 0 Å². The maximum Gasteiger partial charge on any atom is 0.329 e. The Hall–Kier alpha value is -2.04. The van der Waals surface area contributed by atoms with Gasteiger partial charge >= 0.3 is 5.69 Å². The molecule has 0 aliphatic carbocycles. The summed E-state index contributed by atoms with van der Waals surface area (Å²) in [6.07, 6.45) is 1.10. The third kappa shape index (κ3) is 2.16. The molecule has 9 nitrogen and oxygen atoms in total. The average molecular weight is 326 g/mol. The summed E-state index contributed by atoms with van der Waals surface area (Å²) in [5.74, 6) is 0. The molecule has 2 N–H and O–H groups in total. The number of aromatic nitrogens is 3. The van der Waals surface area contributed by atoms with Crippen LogP contribution in [-0.2, 0) is 17.1 Å². The number of fused-ring (bicyclic) bond motifs is 1. The average Bonchev–Trinajstić information content (AvgIpc) is 2.41. The van der Waals surface area contributed by atoms with Crippen molar-refractivity contribution in [1.29, 1.82) is 0 Å². The monoisotopic (exact) mass is 326 g/mol. The van der Waals surface area contributed by atoms with Gasteiger partial charge in [0.05, 0.1) is 11.0 Å². The molecule has 2 aromatic rings. The van der Waals surface area contributed by atoms with Crippen molar-refractivity contribution in [3.05, 3.63) is 33.1 Å². The molecule has 1 fully saturated rings. The fourth-order valence-corrected chi connectivity index (χ4v) is 4.04. The number of sulfonamides is 1. The van der Waals surface area contributed by atoms with E-state index in [-0.39, 0.29) is 29.0 Å². The lowest BCUT2D eigenvalue weighted by atomic mass is 10.0. The van der Waals surface area contributed by atoms with Gasteiger partial charge in [0.2, 0.25) is 10.0 Å². The van der Waals surface area contributed by atoms with E-state index in [0.717, 1.165) is 15.1 Å². The van der Waals surface area contributed by atoms with Crippen LogP contribution in [0.3, 0.4) is 0 Å². The second kappa shape index (κ2) is 4.48. The maximum atomic E-state index is 12.4. The standard InChI is InChI=1S/C12H14N4O5S/c1-12(19)5-16(6-12)22(20,21)7-3-8-9(13-4-7)15(2)11(18)14-10(8)17/h3-4,19H,5-6H2,1-2H3,(H,14,17,18). The van der Waals surface area contributed by atoms with Crippen LogP contribution < -0.4 is 11.2 Å². The lowest BCUT2D eigenvalue weighted by molar-refractivity contribution is -0.0426. The van der Waals surface area contributed by atoms with E-state index >= 15 is 0 Å². The van der Waals surface area contributed by atoms with Crippen LogP contribution >= 0.6 is 0 Å². The summed E-state index contributed by atoms with van der Waals surface area (Å²) in [6.45, 7) is 1.51. The highest BCUT2D eigenvalue weighted by Crippen LogP contribution is 2.27. The van der Waals surface area contributed by atoms with Crippen LogP contribution in [0.1, 0.15) is 6.92 Å². The predicted molar refractivity (Wildman–Crippen MR) is 77.0 cm³/mol.